The van der Waals surface area contributed by atoms with Gasteiger partial charge in [-0.3, -0.25) is 0 Å². The summed E-state index contributed by atoms with van der Waals surface area (Å²) in [7, 11) is 0. The molecule has 0 bridgehead atoms. The summed E-state index contributed by atoms with van der Waals surface area (Å²) in [5.74, 6) is -0.700. The van der Waals surface area contributed by atoms with Crippen molar-refractivity contribution in [2.75, 3.05) is 18.1 Å². The fourth-order valence-electron chi connectivity index (χ4n) is 3.09. The maximum Gasteiger partial charge on any atom is 0.348 e. The molecule has 2 rings (SSSR count). The number of hydrogen-bond donors (Lipinski definition) is 0. The SMILES string of the molecule is CCCCN(c1ccc(/N=N/c2nc(Cl)c(/C=C(\C#N)C(=O)OCC)s2)c(C)c1)C(C)CC. The number of azo groups is 1. The van der Waals surface area contributed by atoms with Crippen LogP contribution in [0.25, 0.3) is 6.08 Å². The summed E-state index contributed by atoms with van der Waals surface area (Å²) < 4.78 is 4.87. The van der Waals surface area contributed by atoms with Gasteiger partial charge in [0.25, 0.3) is 0 Å². The van der Waals surface area contributed by atoms with Crippen LogP contribution in [0, 0.1) is 18.3 Å². The van der Waals surface area contributed by atoms with Gasteiger partial charge in [0.05, 0.1) is 17.2 Å². The number of nitrogens with zero attached hydrogens (tertiary/aromatic N) is 5. The highest BCUT2D eigenvalue weighted by atomic mass is 35.5. The van der Waals surface area contributed by atoms with E-state index in [9.17, 15) is 10.1 Å². The van der Waals surface area contributed by atoms with Crippen LogP contribution < -0.4 is 4.90 Å². The quantitative estimate of drug-likeness (QED) is 0.142. The molecule has 1 heterocycles. The minimum Gasteiger partial charge on any atom is -0.462 e. The number of hydrogen-bond acceptors (Lipinski definition) is 8. The number of esters is 1. The summed E-state index contributed by atoms with van der Waals surface area (Å²) in [5, 5.41) is 18.2. The Hall–Kier alpha value is -2.76. The van der Waals surface area contributed by atoms with Crippen molar-refractivity contribution in [1.29, 1.82) is 5.26 Å². The number of unbranched alkanes of at least 4 members (excludes halogenated alkanes) is 1. The van der Waals surface area contributed by atoms with E-state index >= 15 is 0 Å². The standard InChI is InChI=1S/C24H30ClN5O2S/c1-6-9-12-30(17(5)7-2)19-10-11-20(16(4)13-19)28-29-24-27-22(25)21(33-24)14-18(15-26)23(31)32-8-3/h10-11,13-14,17H,6-9,12H2,1-5H3/b18-14+,29-28+. The van der Waals surface area contributed by atoms with Crippen molar-refractivity contribution in [3.63, 3.8) is 0 Å². The number of rotatable bonds is 11. The smallest absolute Gasteiger partial charge is 0.348 e. The Bertz CT molecular complexity index is 1060. The zero-order chi connectivity index (χ0) is 24.4. The largest absolute Gasteiger partial charge is 0.462 e. The van der Waals surface area contributed by atoms with E-state index in [0.717, 1.165) is 48.4 Å². The van der Waals surface area contributed by atoms with Crippen LogP contribution in [0.15, 0.2) is 34.0 Å². The predicted molar refractivity (Wildman–Crippen MR) is 135 cm³/mol. The lowest BCUT2D eigenvalue weighted by atomic mass is 10.1. The Kier molecular flexibility index (Phi) is 10.5. The molecular formula is C24H30ClN5O2S. The maximum absolute atomic E-state index is 11.8. The lowest BCUT2D eigenvalue weighted by Gasteiger charge is -2.31. The van der Waals surface area contributed by atoms with E-state index < -0.39 is 5.97 Å². The number of thiazole rings is 1. The Morgan fingerprint density at radius 2 is 2.12 bits per heavy atom. The average Bonchev–Trinajstić information content (AvgIpc) is 3.15. The first-order chi connectivity index (χ1) is 15.8. The van der Waals surface area contributed by atoms with Crippen molar-refractivity contribution in [3.8, 4) is 6.07 Å². The molecule has 1 unspecified atom stereocenters. The minimum atomic E-state index is -0.700. The van der Waals surface area contributed by atoms with E-state index in [1.165, 1.54) is 11.8 Å². The van der Waals surface area contributed by atoms with Gasteiger partial charge in [-0.1, -0.05) is 43.2 Å². The third kappa shape index (κ3) is 7.37. The highest BCUT2D eigenvalue weighted by Gasteiger charge is 2.15. The normalized spacial score (nSPS) is 12.6. The summed E-state index contributed by atoms with van der Waals surface area (Å²) in [6.07, 6.45) is 4.74. The van der Waals surface area contributed by atoms with Gasteiger partial charge in [-0.05, 0) is 63.5 Å². The minimum absolute atomic E-state index is 0.147. The van der Waals surface area contributed by atoms with Crippen LogP contribution in [0.1, 0.15) is 57.4 Å². The zero-order valence-corrected chi connectivity index (χ0v) is 21.3. The number of anilines is 1. The van der Waals surface area contributed by atoms with Gasteiger partial charge in [0.2, 0.25) is 5.13 Å². The molecule has 0 aliphatic carbocycles. The second kappa shape index (κ2) is 13.1. The molecule has 0 saturated heterocycles. The molecule has 9 heteroatoms. The molecule has 33 heavy (non-hydrogen) atoms. The highest BCUT2D eigenvalue weighted by molar-refractivity contribution is 7.16. The molecular weight excluding hydrogens is 458 g/mol. The lowest BCUT2D eigenvalue weighted by molar-refractivity contribution is -0.137. The Balaban J connectivity index is 2.24. The van der Waals surface area contributed by atoms with E-state index in [1.54, 1.807) is 6.92 Å². The van der Waals surface area contributed by atoms with Crippen LogP contribution in [0.5, 0.6) is 0 Å². The molecule has 7 nitrogen and oxygen atoms in total. The number of aryl methyl sites for hydroxylation is 1. The van der Waals surface area contributed by atoms with Crippen molar-refractivity contribution in [1.82, 2.24) is 4.98 Å². The number of nitriles is 1. The summed E-state index contributed by atoms with van der Waals surface area (Å²) in [6.45, 7) is 11.5. The lowest BCUT2D eigenvalue weighted by Crippen LogP contribution is -2.33. The number of ether oxygens (including phenoxy) is 1. The Morgan fingerprint density at radius 1 is 1.36 bits per heavy atom. The van der Waals surface area contributed by atoms with Gasteiger partial charge in [0.1, 0.15) is 16.8 Å². The molecule has 1 aromatic heterocycles. The fourth-order valence-corrected chi connectivity index (χ4v) is 4.11. The molecule has 0 amide bonds. The van der Waals surface area contributed by atoms with Crippen LogP contribution in [-0.4, -0.2) is 30.1 Å². The molecule has 0 spiro atoms. The summed E-state index contributed by atoms with van der Waals surface area (Å²) in [5.41, 5.74) is 2.79. The van der Waals surface area contributed by atoms with Gasteiger partial charge in [0.15, 0.2) is 0 Å². The van der Waals surface area contributed by atoms with Gasteiger partial charge in [-0.2, -0.15) is 5.26 Å². The highest BCUT2D eigenvalue weighted by Crippen LogP contribution is 2.33. The van der Waals surface area contributed by atoms with E-state index in [2.05, 4.69) is 53.0 Å². The van der Waals surface area contributed by atoms with Crippen molar-refractivity contribution in [2.24, 2.45) is 10.2 Å². The third-order valence-corrected chi connectivity index (χ3v) is 6.41. The van der Waals surface area contributed by atoms with E-state index in [0.29, 0.717) is 16.1 Å². The van der Waals surface area contributed by atoms with Crippen LogP contribution in [0.4, 0.5) is 16.5 Å². The molecule has 0 saturated carbocycles. The van der Waals surface area contributed by atoms with Gasteiger partial charge < -0.3 is 9.64 Å². The predicted octanol–water partition coefficient (Wildman–Crippen LogP) is 7.40. The zero-order valence-electron chi connectivity index (χ0n) is 19.8. The summed E-state index contributed by atoms with van der Waals surface area (Å²) in [6, 6.07) is 8.45. The third-order valence-electron chi connectivity index (χ3n) is 5.12. The number of aromatic nitrogens is 1. The summed E-state index contributed by atoms with van der Waals surface area (Å²) >= 11 is 7.31. The molecule has 0 aliphatic rings. The van der Waals surface area contributed by atoms with Gasteiger partial charge >= 0.3 is 5.97 Å². The van der Waals surface area contributed by atoms with Crippen molar-refractivity contribution < 1.29 is 9.53 Å². The first kappa shape index (κ1) is 26.5. The number of halogens is 1. The first-order valence-electron chi connectivity index (χ1n) is 11.1. The molecule has 2 aromatic rings. The topological polar surface area (TPSA) is 90.9 Å². The molecule has 0 aliphatic heterocycles. The van der Waals surface area contributed by atoms with Crippen LogP contribution in [0.2, 0.25) is 5.15 Å². The number of carbonyl (C=O) groups excluding carboxylic acids is 1. The monoisotopic (exact) mass is 487 g/mol. The molecule has 1 aromatic carbocycles. The van der Waals surface area contributed by atoms with Crippen molar-refractivity contribution in [3.05, 3.63) is 39.4 Å². The fraction of sp³-hybridized carbons (Fsp3) is 0.458. The second-order valence-electron chi connectivity index (χ2n) is 7.52. The van der Waals surface area contributed by atoms with Gasteiger partial charge in [-0.25, -0.2) is 9.78 Å². The van der Waals surface area contributed by atoms with E-state index in [1.807, 2.05) is 19.1 Å². The first-order valence-corrected chi connectivity index (χ1v) is 12.3. The van der Waals surface area contributed by atoms with Crippen LogP contribution >= 0.6 is 22.9 Å². The van der Waals surface area contributed by atoms with E-state index in [4.69, 9.17) is 16.3 Å². The molecule has 1 atom stereocenters. The van der Waals surface area contributed by atoms with Crippen molar-refractivity contribution in [2.45, 2.75) is 59.9 Å². The van der Waals surface area contributed by atoms with Gasteiger partial charge in [0, 0.05) is 18.3 Å². The Labute approximate surface area is 204 Å². The molecule has 0 fully saturated rings. The molecule has 176 valence electrons. The average molecular weight is 488 g/mol. The number of benzene rings is 1. The van der Waals surface area contributed by atoms with Gasteiger partial charge in [-0.15, -0.1) is 10.2 Å². The van der Waals surface area contributed by atoms with E-state index in [-0.39, 0.29) is 17.3 Å². The molecule has 0 N–H and O–H groups in total. The molecule has 0 radical (unpaired) electrons. The van der Waals surface area contributed by atoms with Crippen molar-refractivity contribution >= 4 is 51.5 Å². The Morgan fingerprint density at radius 3 is 2.73 bits per heavy atom. The maximum atomic E-state index is 11.8. The second-order valence-corrected chi connectivity index (χ2v) is 8.88. The number of carbonyl (C=O) groups is 1. The van der Waals surface area contributed by atoms with Crippen LogP contribution in [0.3, 0.4) is 0 Å². The van der Waals surface area contributed by atoms with Crippen LogP contribution in [-0.2, 0) is 9.53 Å². The summed E-state index contributed by atoms with van der Waals surface area (Å²) in [4.78, 5) is 18.9.